The van der Waals surface area contributed by atoms with Crippen molar-refractivity contribution < 1.29 is 5.11 Å². The zero-order chi connectivity index (χ0) is 16.7. The minimum Gasteiger partial charge on any atom is -0.508 e. The number of phenols is 1. The summed E-state index contributed by atoms with van der Waals surface area (Å²) >= 11 is 0. The minimum atomic E-state index is 0.270. The Bertz CT molecular complexity index is 831. The molecule has 1 aromatic rings. The van der Waals surface area contributed by atoms with Gasteiger partial charge in [-0.25, -0.2) is 9.97 Å². The highest BCUT2D eigenvalue weighted by molar-refractivity contribution is 5.78. The van der Waals surface area contributed by atoms with E-state index in [1.54, 1.807) is 12.1 Å². The molecule has 0 unspecified atom stereocenters. The lowest BCUT2D eigenvalue weighted by atomic mass is 9.92. The van der Waals surface area contributed by atoms with E-state index in [1.807, 2.05) is 19.1 Å². The average molecular weight is 322 g/mol. The average Bonchev–Trinajstić information content (AvgIpc) is 2.93. The molecule has 0 atom stereocenters. The molecular weight excluding hydrogens is 300 g/mol. The number of aromatic amines is 1. The van der Waals surface area contributed by atoms with Crippen LogP contribution in [-0.4, -0.2) is 33.1 Å². The van der Waals surface area contributed by atoms with Crippen molar-refractivity contribution in [2.24, 2.45) is 0 Å². The largest absolute Gasteiger partial charge is 0.508 e. The van der Waals surface area contributed by atoms with Crippen LogP contribution in [0, 0.1) is 13.8 Å². The Morgan fingerprint density at radius 2 is 1.71 bits per heavy atom. The summed E-state index contributed by atoms with van der Waals surface area (Å²) < 4.78 is 0. The van der Waals surface area contributed by atoms with Gasteiger partial charge >= 0.3 is 0 Å². The Kier molecular flexibility index (Phi) is 3.73. The molecule has 0 amide bonds. The normalized spacial score (nSPS) is 15.9. The molecule has 0 aliphatic carbocycles. The second-order valence-corrected chi connectivity index (χ2v) is 6.59. The number of H-pyrrole nitrogens is 1. The molecular formula is C19H22N4O. The highest BCUT2D eigenvalue weighted by Crippen LogP contribution is 2.38. The van der Waals surface area contributed by atoms with Crippen molar-refractivity contribution in [3.05, 3.63) is 41.3 Å². The molecule has 24 heavy (non-hydrogen) atoms. The molecule has 0 radical (unpaired) electrons. The first-order valence-electron chi connectivity index (χ1n) is 8.50. The van der Waals surface area contributed by atoms with Crippen LogP contribution < -0.4 is 5.32 Å². The molecule has 3 aliphatic heterocycles. The molecule has 5 heteroatoms. The number of benzene rings is 1. The van der Waals surface area contributed by atoms with E-state index in [9.17, 15) is 5.11 Å². The SMILES string of the molecule is Cc1nc(C2CCNCC2)c2nc(-c3ccc(O)cc3)c(C)c-2[nH]1. The molecule has 1 aromatic carbocycles. The molecule has 0 bridgehead atoms. The van der Waals surface area contributed by atoms with Crippen LogP contribution in [0.2, 0.25) is 0 Å². The zero-order valence-electron chi connectivity index (χ0n) is 14.1. The van der Waals surface area contributed by atoms with Gasteiger partial charge < -0.3 is 15.4 Å². The first kappa shape index (κ1) is 15.1. The van der Waals surface area contributed by atoms with Crippen molar-refractivity contribution in [2.75, 3.05) is 13.1 Å². The summed E-state index contributed by atoms with van der Waals surface area (Å²) in [6.07, 6.45) is 2.21. The third-order valence-corrected chi connectivity index (χ3v) is 4.89. The number of hydrogen-bond donors (Lipinski definition) is 3. The lowest BCUT2D eigenvalue weighted by molar-refractivity contribution is 0.452. The van der Waals surface area contributed by atoms with E-state index in [1.165, 1.54) is 0 Å². The highest BCUT2D eigenvalue weighted by Gasteiger charge is 2.27. The van der Waals surface area contributed by atoms with Gasteiger partial charge in [0.05, 0.1) is 17.1 Å². The van der Waals surface area contributed by atoms with Crippen LogP contribution >= 0.6 is 0 Å². The van der Waals surface area contributed by atoms with Crippen LogP contribution in [0.25, 0.3) is 22.6 Å². The van der Waals surface area contributed by atoms with Crippen molar-refractivity contribution in [3.63, 3.8) is 0 Å². The number of aromatic nitrogens is 3. The molecule has 3 heterocycles. The highest BCUT2D eigenvalue weighted by atomic mass is 16.3. The van der Waals surface area contributed by atoms with Gasteiger partial charge in [0.1, 0.15) is 17.3 Å². The predicted molar refractivity (Wildman–Crippen MR) is 94.4 cm³/mol. The molecule has 0 aromatic heterocycles. The van der Waals surface area contributed by atoms with Crippen molar-refractivity contribution in [3.8, 4) is 28.4 Å². The number of aryl methyl sites for hydroxylation is 1. The minimum absolute atomic E-state index is 0.270. The Hall–Kier alpha value is -2.40. The molecule has 1 fully saturated rings. The summed E-state index contributed by atoms with van der Waals surface area (Å²) in [5, 5.41) is 12.9. The lowest BCUT2D eigenvalue weighted by Crippen LogP contribution is -2.27. The smallest absolute Gasteiger partial charge is 0.115 e. The van der Waals surface area contributed by atoms with Crippen LogP contribution in [0.4, 0.5) is 0 Å². The maximum atomic E-state index is 9.52. The molecule has 3 N–H and O–H groups in total. The fourth-order valence-corrected chi connectivity index (χ4v) is 3.61. The standard InChI is InChI=1S/C19H22N4O/c1-11-16(13-3-5-15(24)6-4-13)23-19-17(11)21-12(2)22-18(19)14-7-9-20-10-8-14/h3-6,14,20,24H,7-10H2,1-2H3,(H,21,22). The van der Waals surface area contributed by atoms with Gasteiger partial charge in [-0.15, -0.1) is 0 Å². The number of hydrogen-bond acceptors (Lipinski definition) is 4. The van der Waals surface area contributed by atoms with Gasteiger partial charge in [0.25, 0.3) is 0 Å². The summed E-state index contributed by atoms with van der Waals surface area (Å²) in [7, 11) is 0. The Morgan fingerprint density at radius 3 is 2.42 bits per heavy atom. The molecule has 0 spiro atoms. The topological polar surface area (TPSA) is 73.8 Å². The second kappa shape index (κ2) is 5.91. The summed E-state index contributed by atoms with van der Waals surface area (Å²) in [6, 6.07) is 7.23. The molecule has 4 rings (SSSR count). The fraction of sp³-hybridized carbons (Fsp3) is 0.368. The van der Waals surface area contributed by atoms with E-state index < -0.39 is 0 Å². The van der Waals surface area contributed by atoms with Crippen molar-refractivity contribution in [2.45, 2.75) is 32.6 Å². The zero-order valence-corrected chi connectivity index (χ0v) is 14.1. The summed E-state index contributed by atoms with van der Waals surface area (Å²) in [5.41, 5.74) is 6.31. The molecule has 124 valence electrons. The Labute approximate surface area is 141 Å². The lowest BCUT2D eigenvalue weighted by Gasteiger charge is -2.23. The van der Waals surface area contributed by atoms with E-state index in [0.717, 1.165) is 65.7 Å². The van der Waals surface area contributed by atoms with Crippen LogP contribution in [0.15, 0.2) is 24.3 Å². The Morgan fingerprint density at radius 1 is 1.00 bits per heavy atom. The number of phenolic OH excluding ortho intramolecular Hbond substituents is 1. The quantitative estimate of drug-likeness (QED) is 0.676. The van der Waals surface area contributed by atoms with E-state index in [0.29, 0.717) is 5.92 Å². The Balaban J connectivity index is 1.86. The number of fused-ring (bicyclic) bond motifs is 1. The number of aromatic hydroxyl groups is 1. The molecule has 1 saturated heterocycles. The van der Waals surface area contributed by atoms with E-state index in [4.69, 9.17) is 9.97 Å². The first-order chi connectivity index (χ1) is 11.6. The number of nitrogens with one attached hydrogen (secondary N) is 2. The van der Waals surface area contributed by atoms with Gasteiger partial charge in [0.2, 0.25) is 0 Å². The van der Waals surface area contributed by atoms with Gasteiger partial charge in [0.15, 0.2) is 0 Å². The molecule has 3 aliphatic rings. The molecule has 0 saturated carbocycles. The van der Waals surface area contributed by atoms with Crippen LogP contribution in [-0.2, 0) is 0 Å². The van der Waals surface area contributed by atoms with Gasteiger partial charge in [-0.05, 0) is 64.0 Å². The van der Waals surface area contributed by atoms with E-state index >= 15 is 0 Å². The van der Waals surface area contributed by atoms with E-state index in [-0.39, 0.29) is 5.75 Å². The number of nitrogens with zero attached hydrogens (tertiary/aromatic N) is 2. The summed E-state index contributed by atoms with van der Waals surface area (Å²) in [4.78, 5) is 13.1. The fourth-order valence-electron chi connectivity index (χ4n) is 3.61. The second-order valence-electron chi connectivity index (χ2n) is 6.59. The van der Waals surface area contributed by atoms with Crippen molar-refractivity contribution in [1.29, 1.82) is 0 Å². The number of piperidine rings is 1. The molecule has 5 nitrogen and oxygen atoms in total. The van der Waals surface area contributed by atoms with Crippen LogP contribution in [0.1, 0.15) is 35.8 Å². The maximum absolute atomic E-state index is 9.52. The first-order valence-corrected chi connectivity index (χ1v) is 8.50. The van der Waals surface area contributed by atoms with Gasteiger partial charge in [-0.1, -0.05) is 0 Å². The monoisotopic (exact) mass is 322 g/mol. The van der Waals surface area contributed by atoms with Gasteiger partial charge in [-0.3, -0.25) is 0 Å². The van der Waals surface area contributed by atoms with Crippen molar-refractivity contribution >= 4 is 0 Å². The van der Waals surface area contributed by atoms with E-state index in [2.05, 4.69) is 17.2 Å². The predicted octanol–water partition coefficient (Wildman–Crippen LogP) is 3.37. The maximum Gasteiger partial charge on any atom is 0.115 e. The summed E-state index contributed by atoms with van der Waals surface area (Å²) in [5.74, 6) is 1.67. The summed E-state index contributed by atoms with van der Waals surface area (Å²) in [6.45, 7) is 6.18. The third-order valence-electron chi connectivity index (χ3n) is 4.89. The van der Waals surface area contributed by atoms with Gasteiger partial charge in [0, 0.05) is 17.0 Å². The third kappa shape index (κ3) is 2.55. The van der Waals surface area contributed by atoms with Crippen LogP contribution in [0.3, 0.4) is 0 Å². The van der Waals surface area contributed by atoms with Crippen LogP contribution in [0.5, 0.6) is 5.75 Å². The number of rotatable bonds is 2. The van der Waals surface area contributed by atoms with Crippen molar-refractivity contribution in [1.82, 2.24) is 20.3 Å². The van der Waals surface area contributed by atoms with Gasteiger partial charge in [-0.2, -0.15) is 0 Å².